The SMILES string of the molecule is COc1ccc([O-])c(C=NCC(C)(C)CN=Cc2cc(OC)ccc2[O-])c1.[Ni+2]. The van der Waals surface area contributed by atoms with E-state index in [1.165, 1.54) is 12.1 Å². The minimum atomic E-state index is -0.225. The fourth-order valence-electron chi connectivity index (χ4n) is 2.34. The summed E-state index contributed by atoms with van der Waals surface area (Å²) in [6.07, 6.45) is 3.13. The molecule has 2 aromatic carbocycles. The van der Waals surface area contributed by atoms with E-state index >= 15 is 0 Å². The standard InChI is InChI=1S/C21H26N2O4.Ni/c1-21(2,13-22-11-15-9-17(26-3)5-7-19(15)24)14-23-12-16-10-18(27-4)6-8-20(16)25;/h5-12,24-25H,13-14H2,1-4H3;/q;+2/p-2. The van der Waals surface area contributed by atoms with Gasteiger partial charge >= 0.3 is 16.5 Å². The first kappa shape index (κ1) is 23.5. The summed E-state index contributed by atoms with van der Waals surface area (Å²) in [5, 5.41) is 23.7. The molecule has 0 bridgehead atoms. The van der Waals surface area contributed by atoms with Crippen LogP contribution in [0.4, 0.5) is 0 Å². The Morgan fingerprint density at radius 3 is 1.57 bits per heavy atom. The molecular formula is C21H24N2NiO4. The van der Waals surface area contributed by atoms with E-state index in [9.17, 15) is 10.2 Å². The third kappa shape index (κ3) is 6.89. The fraction of sp³-hybridized carbons (Fsp3) is 0.333. The zero-order chi connectivity index (χ0) is 19.9. The molecule has 0 heterocycles. The molecule has 0 radical (unpaired) electrons. The number of rotatable bonds is 8. The summed E-state index contributed by atoms with van der Waals surface area (Å²) >= 11 is 0. The van der Waals surface area contributed by atoms with Crippen LogP contribution in [0, 0.1) is 5.41 Å². The van der Waals surface area contributed by atoms with Crippen molar-refractivity contribution >= 4 is 12.4 Å². The van der Waals surface area contributed by atoms with Gasteiger partial charge in [0.15, 0.2) is 0 Å². The summed E-state index contributed by atoms with van der Waals surface area (Å²) in [6.45, 7) is 5.02. The maximum absolute atomic E-state index is 11.8. The van der Waals surface area contributed by atoms with Gasteiger partial charge in [-0.3, -0.25) is 9.98 Å². The number of aliphatic imine (C=N–C) groups is 2. The molecule has 0 atom stereocenters. The van der Waals surface area contributed by atoms with Crippen LogP contribution in [0.2, 0.25) is 0 Å². The van der Waals surface area contributed by atoms with Crippen LogP contribution >= 0.6 is 0 Å². The second-order valence-corrected chi connectivity index (χ2v) is 6.91. The van der Waals surface area contributed by atoms with Crippen LogP contribution in [0.5, 0.6) is 23.0 Å². The van der Waals surface area contributed by atoms with Crippen molar-refractivity contribution < 1.29 is 36.2 Å². The van der Waals surface area contributed by atoms with Gasteiger partial charge in [0.2, 0.25) is 0 Å². The minimum Gasteiger partial charge on any atom is -0.872 e. The average Bonchev–Trinajstić information content (AvgIpc) is 2.64. The Hall–Kier alpha value is -2.53. The van der Waals surface area contributed by atoms with Gasteiger partial charge in [-0.05, 0) is 35.4 Å². The van der Waals surface area contributed by atoms with Crippen LogP contribution in [0.3, 0.4) is 0 Å². The molecule has 0 saturated heterocycles. The van der Waals surface area contributed by atoms with Crippen molar-refractivity contribution in [2.75, 3.05) is 27.3 Å². The molecular weight excluding hydrogens is 403 g/mol. The van der Waals surface area contributed by atoms with Gasteiger partial charge in [-0.1, -0.05) is 37.5 Å². The molecule has 0 aliphatic carbocycles. The predicted octanol–water partition coefficient (Wildman–Crippen LogP) is 2.41. The molecule has 0 unspecified atom stereocenters. The van der Waals surface area contributed by atoms with E-state index in [-0.39, 0.29) is 33.4 Å². The van der Waals surface area contributed by atoms with Gasteiger partial charge < -0.3 is 19.7 Å². The normalized spacial score (nSPS) is 11.6. The fourth-order valence-corrected chi connectivity index (χ4v) is 2.34. The van der Waals surface area contributed by atoms with Crippen molar-refractivity contribution in [3.05, 3.63) is 47.5 Å². The molecule has 0 aliphatic rings. The molecule has 28 heavy (non-hydrogen) atoms. The smallest absolute Gasteiger partial charge is 0.872 e. The first-order chi connectivity index (χ1) is 12.8. The molecule has 0 fully saturated rings. The molecule has 0 spiro atoms. The number of hydrogen-bond acceptors (Lipinski definition) is 6. The number of methoxy groups -OCH3 is 2. The molecule has 152 valence electrons. The van der Waals surface area contributed by atoms with Crippen molar-refractivity contribution in [1.82, 2.24) is 0 Å². The van der Waals surface area contributed by atoms with E-state index in [1.807, 2.05) is 13.8 Å². The van der Waals surface area contributed by atoms with Crippen LogP contribution in [-0.2, 0) is 16.5 Å². The first-order valence-corrected chi connectivity index (χ1v) is 8.54. The zero-order valence-electron chi connectivity index (χ0n) is 16.4. The largest absolute Gasteiger partial charge is 2.00 e. The van der Waals surface area contributed by atoms with Gasteiger partial charge in [0.25, 0.3) is 0 Å². The van der Waals surface area contributed by atoms with Crippen molar-refractivity contribution in [1.29, 1.82) is 0 Å². The minimum absolute atomic E-state index is 0. The Labute approximate surface area is 175 Å². The third-order valence-corrected chi connectivity index (χ3v) is 3.93. The molecule has 0 N–H and O–H groups in total. The number of hydrogen-bond donors (Lipinski definition) is 0. The van der Waals surface area contributed by atoms with E-state index in [2.05, 4.69) is 9.98 Å². The monoisotopic (exact) mass is 426 g/mol. The second-order valence-electron chi connectivity index (χ2n) is 6.91. The first-order valence-electron chi connectivity index (χ1n) is 8.54. The molecule has 0 aromatic heterocycles. The van der Waals surface area contributed by atoms with E-state index in [0.29, 0.717) is 35.7 Å². The third-order valence-electron chi connectivity index (χ3n) is 3.93. The van der Waals surface area contributed by atoms with Crippen LogP contribution in [0.1, 0.15) is 25.0 Å². The average molecular weight is 427 g/mol. The number of nitrogens with zero attached hydrogens (tertiary/aromatic N) is 2. The van der Waals surface area contributed by atoms with Crippen LogP contribution in [-0.4, -0.2) is 39.7 Å². The van der Waals surface area contributed by atoms with E-state index < -0.39 is 0 Å². The summed E-state index contributed by atoms with van der Waals surface area (Å²) in [4.78, 5) is 8.77. The molecule has 2 rings (SSSR count). The van der Waals surface area contributed by atoms with E-state index in [1.54, 1.807) is 50.9 Å². The molecule has 0 aliphatic heterocycles. The Balaban J connectivity index is 0.00000392. The van der Waals surface area contributed by atoms with Gasteiger partial charge in [-0.15, -0.1) is 0 Å². The van der Waals surface area contributed by atoms with Crippen molar-refractivity contribution in [3.63, 3.8) is 0 Å². The van der Waals surface area contributed by atoms with E-state index in [0.717, 1.165) is 0 Å². The topological polar surface area (TPSA) is 89.3 Å². The summed E-state index contributed by atoms with van der Waals surface area (Å²) in [7, 11) is 3.11. The van der Waals surface area contributed by atoms with Gasteiger partial charge in [-0.2, -0.15) is 0 Å². The van der Waals surface area contributed by atoms with Crippen LogP contribution in [0.25, 0.3) is 0 Å². The van der Waals surface area contributed by atoms with E-state index in [4.69, 9.17) is 9.47 Å². The van der Waals surface area contributed by atoms with Crippen LogP contribution in [0.15, 0.2) is 46.4 Å². The molecule has 0 amide bonds. The van der Waals surface area contributed by atoms with Gasteiger partial charge in [0, 0.05) is 30.9 Å². The van der Waals surface area contributed by atoms with Crippen LogP contribution < -0.4 is 19.7 Å². The molecule has 2 aromatic rings. The summed E-state index contributed by atoms with van der Waals surface area (Å²) in [5.74, 6) is 1.03. The Morgan fingerprint density at radius 2 is 1.21 bits per heavy atom. The second kappa shape index (κ2) is 10.7. The van der Waals surface area contributed by atoms with Crippen molar-refractivity contribution in [3.8, 4) is 23.0 Å². The molecule has 0 saturated carbocycles. The Bertz CT molecular complexity index is 768. The summed E-state index contributed by atoms with van der Waals surface area (Å²) < 4.78 is 10.2. The maximum atomic E-state index is 11.8. The Morgan fingerprint density at radius 1 is 0.821 bits per heavy atom. The maximum Gasteiger partial charge on any atom is 2.00 e. The number of ether oxygens (including phenoxy) is 2. The molecule has 6 nitrogen and oxygen atoms in total. The number of benzene rings is 2. The van der Waals surface area contributed by atoms with Crippen molar-refractivity contribution in [2.45, 2.75) is 13.8 Å². The van der Waals surface area contributed by atoms with Gasteiger partial charge in [0.1, 0.15) is 11.5 Å². The predicted molar refractivity (Wildman–Crippen MR) is 104 cm³/mol. The van der Waals surface area contributed by atoms with Gasteiger partial charge in [0.05, 0.1) is 14.2 Å². The zero-order valence-corrected chi connectivity index (χ0v) is 17.4. The van der Waals surface area contributed by atoms with Crippen molar-refractivity contribution in [2.24, 2.45) is 15.4 Å². The summed E-state index contributed by atoms with van der Waals surface area (Å²) in [6, 6.07) is 9.50. The molecule has 7 heteroatoms. The quantitative estimate of drug-likeness (QED) is 0.478. The van der Waals surface area contributed by atoms with Gasteiger partial charge in [-0.25, -0.2) is 0 Å². The Kier molecular flexibility index (Phi) is 9.00. The summed E-state index contributed by atoms with van der Waals surface area (Å²) in [5.41, 5.74) is 0.749.